The third-order valence-corrected chi connectivity index (χ3v) is 2.70. The Morgan fingerprint density at radius 1 is 1.00 bits per heavy atom. The van der Waals surface area contributed by atoms with Crippen LogP contribution in [-0.4, -0.2) is 48.3 Å². The number of carbonyl (C=O) groups is 2. The lowest BCUT2D eigenvalue weighted by Crippen LogP contribution is -2.28. The summed E-state index contributed by atoms with van der Waals surface area (Å²) >= 11 is 0. The summed E-state index contributed by atoms with van der Waals surface area (Å²) in [5.74, 6) is 0. The summed E-state index contributed by atoms with van der Waals surface area (Å²) < 4.78 is 20.6. The molecule has 0 aromatic rings. The lowest BCUT2D eigenvalue weighted by Gasteiger charge is -2.04. The van der Waals surface area contributed by atoms with Gasteiger partial charge in [0.1, 0.15) is 25.8 Å². The van der Waals surface area contributed by atoms with E-state index >= 15 is 0 Å². The van der Waals surface area contributed by atoms with Gasteiger partial charge in [-0.05, 0) is 0 Å². The van der Waals surface area contributed by atoms with Gasteiger partial charge < -0.3 is 20.0 Å². The van der Waals surface area contributed by atoms with Crippen LogP contribution in [0.4, 0.5) is 0 Å². The molecular formula is C8H16N2O7P+. The SMILES string of the molecule is O=CC(CCO[P+](=O)OCCC(C=O)NO)NO. The Morgan fingerprint density at radius 3 is 1.67 bits per heavy atom. The minimum Gasteiger partial charge on any atom is -0.316 e. The van der Waals surface area contributed by atoms with Crippen molar-refractivity contribution in [3.63, 3.8) is 0 Å². The van der Waals surface area contributed by atoms with Crippen LogP contribution in [0.25, 0.3) is 0 Å². The molecule has 0 aliphatic rings. The highest BCUT2D eigenvalue weighted by atomic mass is 31.1. The highest BCUT2D eigenvalue weighted by Crippen LogP contribution is 2.24. The number of carbonyl (C=O) groups excluding carboxylic acids is 2. The van der Waals surface area contributed by atoms with Gasteiger partial charge in [-0.3, -0.25) is 0 Å². The highest BCUT2D eigenvalue weighted by Gasteiger charge is 2.21. The Labute approximate surface area is 104 Å². The van der Waals surface area contributed by atoms with Crippen LogP contribution in [0.15, 0.2) is 0 Å². The fraction of sp³-hybridized carbons (Fsp3) is 0.750. The zero-order valence-electron chi connectivity index (χ0n) is 9.52. The maximum Gasteiger partial charge on any atom is 0.697 e. The summed E-state index contributed by atoms with van der Waals surface area (Å²) in [7, 11) is -2.36. The average Bonchev–Trinajstić information content (AvgIpc) is 2.40. The molecule has 2 unspecified atom stereocenters. The number of rotatable bonds is 12. The molecule has 0 radical (unpaired) electrons. The van der Waals surface area contributed by atoms with Gasteiger partial charge in [-0.15, -0.1) is 9.05 Å². The molecule has 0 aliphatic carbocycles. The average molecular weight is 283 g/mol. The van der Waals surface area contributed by atoms with Gasteiger partial charge in [-0.2, -0.15) is 11.0 Å². The molecule has 0 fully saturated rings. The number of hydrogen-bond acceptors (Lipinski definition) is 9. The minimum absolute atomic E-state index is 0.0401. The van der Waals surface area contributed by atoms with E-state index in [4.69, 9.17) is 19.5 Å². The lowest BCUT2D eigenvalue weighted by molar-refractivity contribution is -0.112. The van der Waals surface area contributed by atoms with Crippen LogP contribution in [0, 0.1) is 0 Å². The quantitative estimate of drug-likeness (QED) is 0.213. The summed E-state index contributed by atoms with van der Waals surface area (Å²) in [5, 5.41) is 16.9. The van der Waals surface area contributed by atoms with E-state index in [0.29, 0.717) is 12.6 Å². The van der Waals surface area contributed by atoms with Crippen LogP contribution in [0.1, 0.15) is 12.8 Å². The third-order valence-electron chi connectivity index (χ3n) is 1.91. The summed E-state index contributed by atoms with van der Waals surface area (Å²) in [6, 6.07) is -1.57. The monoisotopic (exact) mass is 283 g/mol. The molecule has 104 valence electrons. The maximum atomic E-state index is 11.1. The molecule has 0 bridgehead atoms. The van der Waals surface area contributed by atoms with Gasteiger partial charge in [0.2, 0.25) is 0 Å². The first-order valence-corrected chi connectivity index (χ1v) is 6.20. The van der Waals surface area contributed by atoms with Crippen molar-refractivity contribution in [3.8, 4) is 0 Å². The first-order valence-electron chi connectivity index (χ1n) is 5.10. The van der Waals surface area contributed by atoms with Crippen molar-refractivity contribution in [2.75, 3.05) is 13.2 Å². The molecule has 0 aliphatic heterocycles. The van der Waals surface area contributed by atoms with Crippen molar-refractivity contribution >= 4 is 20.8 Å². The Hall–Kier alpha value is -0.800. The molecule has 0 saturated heterocycles. The smallest absolute Gasteiger partial charge is 0.316 e. The topological polar surface area (TPSA) is 134 Å². The van der Waals surface area contributed by atoms with Gasteiger partial charge in [0.05, 0.1) is 12.1 Å². The van der Waals surface area contributed by atoms with E-state index in [1.54, 1.807) is 11.0 Å². The molecule has 0 heterocycles. The molecule has 10 heteroatoms. The summed E-state index contributed by atoms with van der Waals surface area (Å²) in [5.41, 5.74) is 3.48. The molecule has 9 nitrogen and oxygen atoms in total. The van der Waals surface area contributed by atoms with Crippen LogP contribution < -0.4 is 11.0 Å². The molecule has 4 N–H and O–H groups in total. The largest absolute Gasteiger partial charge is 0.697 e. The van der Waals surface area contributed by atoms with Crippen molar-refractivity contribution in [1.82, 2.24) is 11.0 Å². The normalized spacial score (nSPS) is 14.9. The second kappa shape index (κ2) is 11.3. The number of hydroxylamine groups is 2. The summed E-state index contributed by atoms with van der Waals surface area (Å²) in [6.45, 7) is -0.0803. The second-order valence-corrected chi connectivity index (χ2v) is 4.17. The molecule has 0 rings (SSSR count). The predicted molar refractivity (Wildman–Crippen MR) is 58.3 cm³/mol. The lowest BCUT2D eigenvalue weighted by atomic mass is 10.3. The molecule has 0 aromatic carbocycles. The predicted octanol–water partition coefficient (Wildman–Crippen LogP) is -0.450. The van der Waals surface area contributed by atoms with Gasteiger partial charge in [0.15, 0.2) is 0 Å². The van der Waals surface area contributed by atoms with E-state index in [2.05, 4.69) is 0 Å². The van der Waals surface area contributed by atoms with Crippen LogP contribution in [0.5, 0.6) is 0 Å². The van der Waals surface area contributed by atoms with Crippen molar-refractivity contribution < 1.29 is 33.6 Å². The first kappa shape index (κ1) is 17.2. The Kier molecular flexibility index (Phi) is 10.8. The standard InChI is InChI=1S/C8H16N2O7P/c11-5-7(9-13)1-3-16-18(15)17-4-2-8(6-12)10-14/h5-10,13-14H,1-4H2/q+1. The number of aldehydes is 2. The van der Waals surface area contributed by atoms with E-state index in [1.165, 1.54) is 0 Å². The fourth-order valence-corrected chi connectivity index (χ4v) is 1.46. The molecular weight excluding hydrogens is 267 g/mol. The molecule has 18 heavy (non-hydrogen) atoms. The second-order valence-electron chi connectivity index (χ2n) is 3.21. The zero-order chi connectivity index (χ0) is 13.8. The Morgan fingerprint density at radius 2 is 1.39 bits per heavy atom. The van der Waals surface area contributed by atoms with Crippen molar-refractivity contribution in [2.45, 2.75) is 24.9 Å². The molecule has 0 spiro atoms. The molecule has 0 saturated carbocycles. The van der Waals surface area contributed by atoms with E-state index in [-0.39, 0.29) is 26.1 Å². The van der Waals surface area contributed by atoms with Gasteiger partial charge in [0.25, 0.3) is 0 Å². The van der Waals surface area contributed by atoms with Gasteiger partial charge in [-0.25, -0.2) is 0 Å². The van der Waals surface area contributed by atoms with E-state index < -0.39 is 20.3 Å². The van der Waals surface area contributed by atoms with Gasteiger partial charge in [-0.1, -0.05) is 0 Å². The first-order chi connectivity index (χ1) is 8.67. The van der Waals surface area contributed by atoms with Crippen LogP contribution in [0.2, 0.25) is 0 Å². The molecule has 0 amide bonds. The van der Waals surface area contributed by atoms with Gasteiger partial charge >= 0.3 is 8.25 Å². The van der Waals surface area contributed by atoms with E-state index in [1.807, 2.05) is 0 Å². The number of nitrogens with one attached hydrogen (secondary N) is 2. The van der Waals surface area contributed by atoms with Crippen LogP contribution in [-0.2, 0) is 23.2 Å². The van der Waals surface area contributed by atoms with E-state index in [0.717, 1.165) is 0 Å². The van der Waals surface area contributed by atoms with Crippen molar-refractivity contribution in [3.05, 3.63) is 0 Å². The molecule has 0 aromatic heterocycles. The van der Waals surface area contributed by atoms with Crippen LogP contribution in [0.3, 0.4) is 0 Å². The zero-order valence-corrected chi connectivity index (χ0v) is 10.4. The Balaban J connectivity index is 3.59. The number of hydrogen-bond donors (Lipinski definition) is 4. The van der Waals surface area contributed by atoms with Crippen molar-refractivity contribution in [1.29, 1.82) is 0 Å². The third kappa shape index (κ3) is 8.31. The summed E-state index contributed by atoms with van der Waals surface area (Å²) in [6.07, 6.45) is 1.25. The Bertz CT molecular complexity index is 242. The molecule has 2 atom stereocenters. The van der Waals surface area contributed by atoms with Crippen molar-refractivity contribution in [2.24, 2.45) is 0 Å². The van der Waals surface area contributed by atoms with Gasteiger partial charge in [0, 0.05) is 17.4 Å². The maximum absolute atomic E-state index is 11.1. The summed E-state index contributed by atoms with van der Waals surface area (Å²) in [4.78, 5) is 20.6. The highest BCUT2D eigenvalue weighted by molar-refractivity contribution is 7.33. The minimum atomic E-state index is -2.36. The fourth-order valence-electron chi connectivity index (χ4n) is 0.872. The van der Waals surface area contributed by atoms with E-state index in [9.17, 15) is 14.2 Å². The van der Waals surface area contributed by atoms with Crippen LogP contribution >= 0.6 is 8.25 Å².